The van der Waals surface area contributed by atoms with E-state index < -0.39 is 10.7 Å². The molecule has 1 atom stereocenters. The predicted molar refractivity (Wildman–Crippen MR) is 44.9 cm³/mol. The van der Waals surface area contributed by atoms with Crippen LogP contribution in [0.2, 0.25) is 0 Å². The first-order valence-corrected chi connectivity index (χ1v) is 4.95. The Morgan fingerprint density at radius 2 is 2.45 bits per heavy atom. The summed E-state index contributed by atoms with van der Waals surface area (Å²) in [6, 6.07) is 0. The highest BCUT2D eigenvalue weighted by Crippen LogP contribution is 1.81. The smallest absolute Gasteiger partial charge is 0.230 e. The molecule has 0 aliphatic rings. The Hall–Kier alpha value is -0.890. The van der Waals surface area contributed by atoms with Crippen molar-refractivity contribution in [2.45, 2.75) is 6.92 Å². The zero-order valence-electron chi connectivity index (χ0n) is 6.63. The van der Waals surface area contributed by atoms with Gasteiger partial charge in [0.2, 0.25) is 12.1 Å². The predicted octanol–water partition coefficient (Wildman–Crippen LogP) is 0.0353. The lowest BCUT2D eigenvalue weighted by Gasteiger charge is -1.99. The molecule has 0 aromatic heterocycles. The second-order valence-electron chi connectivity index (χ2n) is 1.89. The lowest BCUT2D eigenvalue weighted by atomic mass is 10.6. The van der Waals surface area contributed by atoms with Crippen LogP contribution in [0.25, 0.3) is 0 Å². The highest BCUT2D eigenvalue weighted by atomic mass is 32.2. The Morgan fingerprint density at radius 3 is 2.91 bits per heavy atom. The van der Waals surface area contributed by atoms with E-state index in [4.69, 9.17) is 5.26 Å². The Labute approximate surface area is 68.7 Å². The van der Waals surface area contributed by atoms with Gasteiger partial charge in [-0.25, -0.2) is 0 Å². The first kappa shape index (κ1) is 10.1. The summed E-state index contributed by atoms with van der Waals surface area (Å²) in [4.78, 5) is 10.9. The molecule has 0 aromatic carbocycles. The Kier molecular flexibility index (Phi) is 5.39. The molecule has 0 saturated heterocycles. The van der Waals surface area contributed by atoms with Gasteiger partial charge in [0.15, 0.2) is 0 Å². The van der Waals surface area contributed by atoms with Gasteiger partial charge in [-0.1, -0.05) is 10.7 Å². The standard InChI is InChI=1S/C6H11N3OS/c1-3-8-6(10)4-11(2)9-5-7/h3-4H2,1-2H3,(H,8,10). The summed E-state index contributed by atoms with van der Waals surface area (Å²) in [5.41, 5.74) is 0. The molecule has 0 rings (SSSR count). The number of hydrogen-bond acceptors (Lipinski definition) is 3. The summed E-state index contributed by atoms with van der Waals surface area (Å²) in [6.45, 7) is 2.48. The summed E-state index contributed by atoms with van der Waals surface area (Å²) in [6.07, 6.45) is 3.43. The third-order valence-corrected chi connectivity index (χ3v) is 1.98. The van der Waals surface area contributed by atoms with E-state index in [0.717, 1.165) is 0 Å². The van der Waals surface area contributed by atoms with Crippen molar-refractivity contribution in [3.05, 3.63) is 0 Å². The highest BCUT2D eigenvalue weighted by Gasteiger charge is 1.99. The van der Waals surface area contributed by atoms with Gasteiger partial charge in [0.1, 0.15) is 0 Å². The van der Waals surface area contributed by atoms with E-state index in [9.17, 15) is 4.79 Å². The topological polar surface area (TPSA) is 65.2 Å². The molecule has 0 radical (unpaired) electrons. The highest BCUT2D eigenvalue weighted by molar-refractivity contribution is 7.87. The normalized spacial score (nSPS) is 12.1. The number of carbonyl (C=O) groups is 1. The van der Waals surface area contributed by atoms with Crippen molar-refractivity contribution in [1.29, 1.82) is 5.26 Å². The molecule has 0 fully saturated rings. The van der Waals surface area contributed by atoms with Crippen molar-refractivity contribution in [2.24, 2.45) is 4.36 Å². The van der Waals surface area contributed by atoms with E-state index in [1.54, 1.807) is 12.4 Å². The fourth-order valence-electron chi connectivity index (χ4n) is 0.540. The molecule has 1 amide bonds. The number of nitrogens with zero attached hydrogens (tertiary/aromatic N) is 2. The van der Waals surface area contributed by atoms with Crippen LogP contribution in [0.5, 0.6) is 0 Å². The van der Waals surface area contributed by atoms with Crippen LogP contribution in [-0.4, -0.2) is 24.5 Å². The van der Waals surface area contributed by atoms with Crippen molar-refractivity contribution >= 4 is 16.6 Å². The average molecular weight is 173 g/mol. The van der Waals surface area contributed by atoms with Crippen LogP contribution in [-0.2, 0) is 15.5 Å². The van der Waals surface area contributed by atoms with Crippen LogP contribution in [0.15, 0.2) is 4.36 Å². The van der Waals surface area contributed by atoms with E-state index >= 15 is 0 Å². The van der Waals surface area contributed by atoms with Crippen LogP contribution < -0.4 is 5.32 Å². The second-order valence-corrected chi connectivity index (χ2v) is 3.56. The number of rotatable bonds is 3. The van der Waals surface area contributed by atoms with Gasteiger partial charge in [0.25, 0.3) is 0 Å². The van der Waals surface area contributed by atoms with Gasteiger partial charge >= 0.3 is 0 Å². The lowest BCUT2D eigenvalue weighted by Crippen LogP contribution is -2.27. The van der Waals surface area contributed by atoms with Gasteiger partial charge in [-0.05, 0) is 13.2 Å². The molecule has 0 aliphatic heterocycles. The second kappa shape index (κ2) is 5.86. The number of amides is 1. The first-order chi connectivity index (χ1) is 5.20. The molecule has 11 heavy (non-hydrogen) atoms. The minimum Gasteiger partial charge on any atom is -0.356 e. The maximum absolute atomic E-state index is 10.9. The van der Waals surface area contributed by atoms with Gasteiger partial charge in [-0.15, -0.1) is 0 Å². The Balaban J connectivity index is 3.77. The third-order valence-electron chi connectivity index (χ3n) is 0.911. The molecule has 4 nitrogen and oxygen atoms in total. The summed E-state index contributed by atoms with van der Waals surface area (Å²) in [5, 5.41) is 10.8. The molecule has 0 bridgehead atoms. The van der Waals surface area contributed by atoms with Crippen LogP contribution in [0.1, 0.15) is 6.92 Å². The quantitative estimate of drug-likeness (QED) is 0.612. The molecule has 0 aromatic rings. The Morgan fingerprint density at radius 1 is 1.82 bits per heavy atom. The third kappa shape index (κ3) is 5.55. The summed E-state index contributed by atoms with van der Waals surface area (Å²) >= 11 is 0. The first-order valence-electron chi connectivity index (χ1n) is 3.20. The molecule has 1 N–H and O–H groups in total. The molecule has 5 heteroatoms. The van der Waals surface area contributed by atoms with E-state index in [1.165, 1.54) is 0 Å². The number of carbonyl (C=O) groups excluding carboxylic acids is 1. The van der Waals surface area contributed by atoms with Crippen molar-refractivity contribution in [1.82, 2.24) is 5.32 Å². The Bertz CT molecular complexity index is 206. The maximum atomic E-state index is 10.9. The molecule has 0 heterocycles. The van der Waals surface area contributed by atoms with E-state index in [-0.39, 0.29) is 5.91 Å². The minimum atomic E-state index is -0.450. The number of hydrogen-bond donors (Lipinski definition) is 1. The van der Waals surface area contributed by atoms with E-state index in [1.807, 2.05) is 6.92 Å². The largest absolute Gasteiger partial charge is 0.356 e. The van der Waals surface area contributed by atoms with Crippen LogP contribution >= 0.6 is 0 Å². The summed E-state index contributed by atoms with van der Waals surface area (Å²) in [7, 11) is -0.450. The molecule has 62 valence electrons. The number of nitrogens with one attached hydrogen (secondary N) is 1. The van der Waals surface area contributed by atoms with Crippen molar-refractivity contribution in [3.8, 4) is 6.19 Å². The van der Waals surface area contributed by atoms with E-state index in [2.05, 4.69) is 9.68 Å². The summed E-state index contributed by atoms with van der Waals surface area (Å²) < 4.78 is 3.52. The van der Waals surface area contributed by atoms with E-state index in [0.29, 0.717) is 12.3 Å². The van der Waals surface area contributed by atoms with Crippen LogP contribution in [0, 0.1) is 11.5 Å². The van der Waals surface area contributed by atoms with Gasteiger partial charge in [-0.3, -0.25) is 4.79 Å². The van der Waals surface area contributed by atoms with Gasteiger partial charge in [0.05, 0.1) is 5.75 Å². The minimum absolute atomic E-state index is 0.0441. The van der Waals surface area contributed by atoms with Crippen LogP contribution in [0.4, 0.5) is 0 Å². The maximum Gasteiger partial charge on any atom is 0.230 e. The molecule has 1 unspecified atom stereocenters. The molecular formula is C6H11N3OS. The van der Waals surface area contributed by atoms with Crippen molar-refractivity contribution in [3.63, 3.8) is 0 Å². The fraction of sp³-hybridized carbons (Fsp3) is 0.667. The fourth-order valence-corrected chi connectivity index (χ4v) is 1.23. The van der Waals surface area contributed by atoms with Gasteiger partial charge in [0, 0.05) is 6.54 Å². The zero-order chi connectivity index (χ0) is 8.69. The van der Waals surface area contributed by atoms with Gasteiger partial charge < -0.3 is 5.32 Å². The molecule has 0 spiro atoms. The molecular weight excluding hydrogens is 162 g/mol. The average Bonchev–Trinajstić information content (AvgIpc) is 1.87. The SMILES string of the molecule is CCNC(=O)CS(C)=NC#N. The van der Waals surface area contributed by atoms with Crippen LogP contribution in [0.3, 0.4) is 0 Å². The summed E-state index contributed by atoms with van der Waals surface area (Å²) in [5.74, 6) is 0.277. The monoisotopic (exact) mass is 173 g/mol. The molecule has 0 aliphatic carbocycles. The van der Waals surface area contributed by atoms with Crippen molar-refractivity contribution < 1.29 is 4.79 Å². The zero-order valence-corrected chi connectivity index (χ0v) is 7.44. The van der Waals surface area contributed by atoms with Gasteiger partial charge in [-0.2, -0.15) is 9.62 Å². The lowest BCUT2D eigenvalue weighted by molar-refractivity contribution is -0.118. The molecule has 0 saturated carbocycles. The number of nitriles is 1. The van der Waals surface area contributed by atoms with Crippen molar-refractivity contribution in [2.75, 3.05) is 18.6 Å².